The van der Waals surface area contributed by atoms with E-state index in [0.29, 0.717) is 19.3 Å². The summed E-state index contributed by atoms with van der Waals surface area (Å²) in [5.74, 6) is -1.02. The molecule has 0 bridgehead atoms. The number of aliphatic hydroxyl groups excluding tert-OH is 2. The maximum Gasteiger partial charge on any atom is 0.472 e. The van der Waals surface area contributed by atoms with Crippen molar-refractivity contribution in [2.24, 2.45) is 0 Å². The number of hydrogen-bond donors (Lipinski definition) is 3. The highest BCUT2D eigenvalue weighted by Crippen LogP contribution is 2.43. The Hall–Kier alpha value is -2.85. The van der Waals surface area contributed by atoms with Gasteiger partial charge in [-0.1, -0.05) is 131 Å². The van der Waals surface area contributed by atoms with Crippen molar-refractivity contribution in [2.45, 2.75) is 154 Å². The summed E-state index contributed by atoms with van der Waals surface area (Å²) >= 11 is 0. The maximum atomic E-state index is 12.6. The first-order valence-electron chi connectivity index (χ1n) is 20.5. The Morgan fingerprint density at radius 3 is 1.56 bits per heavy atom. The van der Waals surface area contributed by atoms with E-state index in [1.807, 2.05) is 12.2 Å². The summed E-state index contributed by atoms with van der Waals surface area (Å²) in [4.78, 5) is 34.9. The minimum absolute atomic E-state index is 0.151. The fourth-order valence-corrected chi connectivity index (χ4v) is 5.67. The molecule has 0 aromatic heterocycles. The molecule has 0 amide bonds. The second-order valence-corrected chi connectivity index (χ2v) is 14.7. The molecule has 11 heteroatoms. The van der Waals surface area contributed by atoms with E-state index >= 15 is 0 Å². The van der Waals surface area contributed by atoms with Gasteiger partial charge in [0.05, 0.1) is 19.8 Å². The zero-order chi connectivity index (χ0) is 40.5. The molecule has 0 fully saturated rings. The molecular weight excluding hydrogens is 719 g/mol. The van der Waals surface area contributed by atoms with Gasteiger partial charge in [-0.15, -0.1) is 0 Å². The molecule has 314 valence electrons. The quantitative estimate of drug-likeness (QED) is 0.0240. The summed E-state index contributed by atoms with van der Waals surface area (Å²) < 4.78 is 32.6. The summed E-state index contributed by atoms with van der Waals surface area (Å²) in [6.45, 7) is 2.13. The Morgan fingerprint density at radius 2 is 1.02 bits per heavy atom. The van der Waals surface area contributed by atoms with Crippen molar-refractivity contribution in [1.82, 2.24) is 0 Å². The molecule has 1 unspecified atom stereocenters. The van der Waals surface area contributed by atoms with Gasteiger partial charge in [0.2, 0.25) is 0 Å². The Labute approximate surface area is 332 Å². The second kappa shape index (κ2) is 39.4. The average molecular weight is 793 g/mol. The van der Waals surface area contributed by atoms with Crippen LogP contribution in [0.15, 0.2) is 85.1 Å². The molecule has 0 aromatic rings. The highest BCUT2D eigenvalue weighted by atomic mass is 31.2. The van der Waals surface area contributed by atoms with E-state index in [9.17, 15) is 24.2 Å². The largest absolute Gasteiger partial charge is 0.472 e. The third-order valence-electron chi connectivity index (χ3n) is 8.03. The molecule has 0 aliphatic carbocycles. The topological polar surface area (TPSA) is 149 Å². The highest BCUT2D eigenvalue weighted by molar-refractivity contribution is 7.47. The van der Waals surface area contributed by atoms with Crippen LogP contribution in [0.3, 0.4) is 0 Å². The molecule has 10 nitrogen and oxygen atoms in total. The van der Waals surface area contributed by atoms with Crippen molar-refractivity contribution in [3.8, 4) is 0 Å². The number of rotatable bonds is 37. The molecule has 0 aliphatic heterocycles. The highest BCUT2D eigenvalue weighted by Gasteiger charge is 2.27. The summed E-state index contributed by atoms with van der Waals surface area (Å²) in [5.41, 5.74) is 0. The van der Waals surface area contributed by atoms with Crippen molar-refractivity contribution in [2.75, 3.05) is 26.4 Å². The molecule has 0 radical (unpaired) electrons. The Balaban J connectivity index is 4.47. The minimum atomic E-state index is -4.64. The van der Waals surface area contributed by atoms with Gasteiger partial charge in [0, 0.05) is 12.8 Å². The smallest absolute Gasteiger partial charge is 0.462 e. The molecule has 0 heterocycles. The summed E-state index contributed by atoms with van der Waals surface area (Å²) in [7, 11) is -4.64. The molecule has 0 aliphatic rings. The lowest BCUT2D eigenvalue weighted by Crippen LogP contribution is -2.29. The Bertz CT molecular complexity index is 1190. The first kappa shape index (κ1) is 52.2. The fourth-order valence-electron chi connectivity index (χ4n) is 4.88. The number of ether oxygens (including phenoxy) is 2. The number of allylic oxidation sites excluding steroid dienone is 14. The van der Waals surface area contributed by atoms with Crippen LogP contribution >= 0.6 is 7.82 Å². The molecule has 3 N–H and O–H groups in total. The first-order valence-corrected chi connectivity index (χ1v) is 22.0. The lowest BCUT2D eigenvalue weighted by molar-refractivity contribution is -0.161. The number of phosphoric acid groups is 1. The average Bonchev–Trinajstić information content (AvgIpc) is 3.17. The van der Waals surface area contributed by atoms with Gasteiger partial charge in [-0.3, -0.25) is 18.6 Å². The van der Waals surface area contributed by atoms with E-state index < -0.39 is 51.8 Å². The first-order chi connectivity index (χ1) is 26.7. The van der Waals surface area contributed by atoms with Crippen LogP contribution in [0.1, 0.15) is 142 Å². The molecule has 0 spiro atoms. The normalized spacial score (nSPS) is 14.8. The van der Waals surface area contributed by atoms with Crippen molar-refractivity contribution >= 4 is 19.8 Å². The number of phosphoric ester groups is 1. The lowest BCUT2D eigenvalue weighted by atomic mass is 10.1. The second-order valence-electron chi connectivity index (χ2n) is 13.3. The van der Waals surface area contributed by atoms with E-state index in [2.05, 4.69) is 91.3 Å². The predicted octanol–water partition coefficient (Wildman–Crippen LogP) is 10.7. The third kappa shape index (κ3) is 39.2. The molecule has 3 atom stereocenters. The summed E-state index contributed by atoms with van der Waals surface area (Å²) in [5, 5.41) is 18.3. The summed E-state index contributed by atoms with van der Waals surface area (Å²) in [6.07, 6.45) is 45.5. The van der Waals surface area contributed by atoms with Gasteiger partial charge in [0.1, 0.15) is 12.7 Å². The van der Waals surface area contributed by atoms with Gasteiger partial charge >= 0.3 is 19.8 Å². The lowest BCUT2D eigenvalue weighted by Gasteiger charge is -2.20. The standard InChI is InChI=1S/C44H73O10P/c1-3-5-7-9-11-13-15-17-19-20-22-23-25-27-29-31-33-35-43(47)51-39-42(40-53-55(49,50)52-38-41(46)37-45)54-44(48)36-34-32-30-28-26-24-21-18-16-14-12-10-8-6-4-2/h5,7,11-14,17-19,21-23,27,29,41-42,45-46H,3-4,6,8-10,15-16,20,24-26,28,30-40H2,1-2H3,(H,49,50)/b7-5-,13-11-,14-12-,19-17-,21-18-,23-22-,29-27-/t41-,42+/m0/s1. The van der Waals surface area contributed by atoms with Crippen LogP contribution in [-0.4, -0.2) is 65.7 Å². The Morgan fingerprint density at radius 1 is 0.564 bits per heavy atom. The number of hydrogen-bond acceptors (Lipinski definition) is 9. The van der Waals surface area contributed by atoms with Gasteiger partial charge < -0.3 is 24.6 Å². The molecule has 0 saturated carbocycles. The van der Waals surface area contributed by atoms with Crippen LogP contribution in [0.2, 0.25) is 0 Å². The predicted molar refractivity (Wildman–Crippen MR) is 223 cm³/mol. The van der Waals surface area contributed by atoms with E-state index in [1.165, 1.54) is 19.3 Å². The van der Waals surface area contributed by atoms with E-state index in [-0.39, 0.29) is 19.4 Å². The van der Waals surface area contributed by atoms with Crippen LogP contribution in [0, 0.1) is 0 Å². The van der Waals surface area contributed by atoms with Crippen molar-refractivity contribution in [1.29, 1.82) is 0 Å². The van der Waals surface area contributed by atoms with Gasteiger partial charge in [0.25, 0.3) is 0 Å². The van der Waals surface area contributed by atoms with Crippen LogP contribution in [0.25, 0.3) is 0 Å². The van der Waals surface area contributed by atoms with Crippen LogP contribution in [0.4, 0.5) is 0 Å². The van der Waals surface area contributed by atoms with Crippen LogP contribution < -0.4 is 0 Å². The maximum absolute atomic E-state index is 12.6. The number of esters is 2. The van der Waals surface area contributed by atoms with Gasteiger partial charge in [0.15, 0.2) is 6.10 Å². The van der Waals surface area contributed by atoms with Gasteiger partial charge in [-0.2, -0.15) is 0 Å². The molecule has 55 heavy (non-hydrogen) atoms. The van der Waals surface area contributed by atoms with Crippen LogP contribution in [0.5, 0.6) is 0 Å². The van der Waals surface area contributed by atoms with Crippen molar-refractivity contribution < 1.29 is 47.8 Å². The van der Waals surface area contributed by atoms with Crippen molar-refractivity contribution in [3.05, 3.63) is 85.1 Å². The zero-order valence-corrected chi connectivity index (χ0v) is 34.7. The molecule has 0 aromatic carbocycles. The number of aliphatic hydroxyl groups is 2. The number of carbonyl (C=O) groups excluding carboxylic acids is 2. The molecular formula is C44H73O10P. The fraction of sp³-hybridized carbons (Fsp3) is 0.636. The van der Waals surface area contributed by atoms with Crippen LogP contribution in [-0.2, 0) is 32.7 Å². The van der Waals surface area contributed by atoms with E-state index in [0.717, 1.165) is 77.0 Å². The van der Waals surface area contributed by atoms with Crippen molar-refractivity contribution in [3.63, 3.8) is 0 Å². The number of carbonyl (C=O) groups is 2. The summed E-state index contributed by atoms with van der Waals surface area (Å²) in [6, 6.07) is 0. The molecule has 0 saturated heterocycles. The zero-order valence-electron chi connectivity index (χ0n) is 33.9. The van der Waals surface area contributed by atoms with Gasteiger partial charge in [-0.25, -0.2) is 4.57 Å². The SMILES string of the molecule is CC/C=C\C/C=C\C/C=C\C/C=C\C/C=C\CCCC(=O)OC[C@H](COP(=O)(O)OC[C@@H](O)CO)OC(=O)CCCCCCC/C=C\C/C=C\CCCCC. The van der Waals surface area contributed by atoms with E-state index in [4.69, 9.17) is 19.1 Å². The van der Waals surface area contributed by atoms with Gasteiger partial charge in [-0.05, 0) is 83.5 Å². The minimum Gasteiger partial charge on any atom is -0.462 e. The number of unbranched alkanes of at least 4 members (excludes halogenated alkanes) is 9. The monoisotopic (exact) mass is 792 g/mol. The van der Waals surface area contributed by atoms with E-state index in [1.54, 1.807) is 0 Å². The molecule has 0 rings (SSSR count). The Kier molecular flexibility index (Phi) is 37.3. The third-order valence-corrected chi connectivity index (χ3v) is 8.98.